The van der Waals surface area contributed by atoms with Crippen LogP contribution >= 0.6 is 0 Å². The molecule has 3 heteroatoms. The number of alkyl halides is 1. The van der Waals surface area contributed by atoms with Crippen molar-refractivity contribution in [1.29, 1.82) is 0 Å². The second-order valence-electron chi connectivity index (χ2n) is 3.85. The van der Waals surface area contributed by atoms with Gasteiger partial charge < -0.3 is 4.90 Å². The first-order chi connectivity index (χ1) is 6.10. The van der Waals surface area contributed by atoms with E-state index < -0.39 is 5.67 Å². The number of amides is 1. The molecule has 0 spiro atoms. The molecule has 0 bridgehead atoms. The van der Waals surface area contributed by atoms with Crippen LogP contribution in [0.15, 0.2) is 0 Å². The van der Waals surface area contributed by atoms with E-state index in [1.807, 2.05) is 6.92 Å². The zero-order valence-electron chi connectivity index (χ0n) is 8.48. The minimum Gasteiger partial charge on any atom is -0.343 e. The molecule has 0 radical (unpaired) electrons. The Balaban J connectivity index is 2.61. The molecule has 0 aliphatic heterocycles. The van der Waals surface area contributed by atoms with Crippen LogP contribution in [0.25, 0.3) is 0 Å². The van der Waals surface area contributed by atoms with Gasteiger partial charge in [-0.3, -0.25) is 4.79 Å². The fourth-order valence-electron chi connectivity index (χ4n) is 1.81. The van der Waals surface area contributed by atoms with Crippen molar-refractivity contribution in [1.82, 2.24) is 4.90 Å². The van der Waals surface area contributed by atoms with E-state index in [-0.39, 0.29) is 5.91 Å². The van der Waals surface area contributed by atoms with Gasteiger partial charge in [-0.25, -0.2) is 4.39 Å². The molecule has 1 saturated carbocycles. The molecule has 0 aromatic carbocycles. The van der Waals surface area contributed by atoms with Crippen molar-refractivity contribution in [2.75, 3.05) is 13.6 Å². The average Bonchev–Trinajstić information content (AvgIpc) is 2.16. The van der Waals surface area contributed by atoms with Crippen molar-refractivity contribution in [2.24, 2.45) is 0 Å². The molecule has 0 aromatic heterocycles. The maximum atomic E-state index is 14.0. The zero-order valence-corrected chi connectivity index (χ0v) is 8.48. The van der Waals surface area contributed by atoms with E-state index in [9.17, 15) is 9.18 Å². The summed E-state index contributed by atoms with van der Waals surface area (Å²) in [5, 5.41) is 0. The van der Waals surface area contributed by atoms with Crippen LogP contribution in [0.2, 0.25) is 0 Å². The van der Waals surface area contributed by atoms with Crippen LogP contribution in [-0.2, 0) is 4.79 Å². The highest BCUT2D eigenvalue weighted by molar-refractivity contribution is 5.84. The Bertz CT molecular complexity index is 187. The van der Waals surface area contributed by atoms with Gasteiger partial charge in [-0.2, -0.15) is 0 Å². The predicted octanol–water partition coefficient (Wildman–Crippen LogP) is 2.14. The molecule has 0 N–H and O–H groups in total. The zero-order chi connectivity index (χ0) is 9.90. The molecule has 13 heavy (non-hydrogen) atoms. The van der Waals surface area contributed by atoms with E-state index in [2.05, 4.69) is 0 Å². The standard InChI is InChI=1S/C10H18FNO/c1-3-12(2)9(13)10(11)7-5-4-6-8-10/h3-8H2,1-2H3. The van der Waals surface area contributed by atoms with Crippen molar-refractivity contribution in [3.8, 4) is 0 Å². The Labute approximate surface area is 79.1 Å². The van der Waals surface area contributed by atoms with Gasteiger partial charge in [0, 0.05) is 13.6 Å². The fourth-order valence-corrected chi connectivity index (χ4v) is 1.81. The largest absolute Gasteiger partial charge is 0.343 e. The summed E-state index contributed by atoms with van der Waals surface area (Å²) in [6.45, 7) is 2.45. The van der Waals surface area contributed by atoms with Crippen molar-refractivity contribution in [2.45, 2.75) is 44.7 Å². The van der Waals surface area contributed by atoms with Crippen molar-refractivity contribution < 1.29 is 9.18 Å². The Morgan fingerprint density at radius 1 is 1.38 bits per heavy atom. The van der Waals surface area contributed by atoms with Crippen molar-refractivity contribution >= 4 is 5.91 Å². The van der Waals surface area contributed by atoms with Gasteiger partial charge >= 0.3 is 0 Å². The molecule has 2 nitrogen and oxygen atoms in total. The summed E-state index contributed by atoms with van der Waals surface area (Å²) in [5.41, 5.74) is -1.55. The molecule has 1 amide bonds. The number of carbonyl (C=O) groups is 1. The summed E-state index contributed by atoms with van der Waals surface area (Å²) in [7, 11) is 1.66. The molecular formula is C10H18FNO. The lowest BCUT2D eigenvalue weighted by Gasteiger charge is -2.31. The summed E-state index contributed by atoms with van der Waals surface area (Å²) in [6, 6.07) is 0. The van der Waals surface area contributed by atoms with Crippen LogP contribution in [0.4, 0.5) is 4.39 Å². The van der Waals surface area contributed by atoms with E-state index in [0.717, 1.165) is 19.3 Å². The van der Waals surface area contributed by atoms with Gasteiger partial charge in [0.05, 0.1) is 0 Å². The van der Waals surface area contributed by atoms with Gasteiger partial charge in [-0.1, -0.05) is 6.42 Å². The molecule has 0 aromatic rings. The predicted molar refractivity (Wildman–Crippen MR) is 50.2 cm³/mol. The second kappa shape index (κ2) is 4.07. The summed E-state index contributed by atoms with van der Waals surface area (Å²) < 4.78 is 14.0. The molecule has 1 fully saturated rings. The number of carbonyl (C=O) groups excluding carboxylic acids is 1. The minimum absolute atomic E-state index is 0.324. The quantitative estimate of drug-likeness (QED) is 0.648. The SMILES string of the molecule is CCN(C)C(=O)C1(F)CCCCC1. The lowest BCUT2D eigenvalue weighted by atomic mass is 9.85. The highest BCUT2D eigenvalue weighted by atomic mass is 19.1. The van der Waals surface area contributed by atoms with Gasteiger partial charge in [0.15, 0.2) is 5.67 Å². The molecule has 1 aliphatic carbocycles. The van der Waals surface area contributed by atoms with Gasteiger partial charge in [0.25, 0.3) is 5.91 Å². The van der Waals surface area contributed by atoms with Crippen LogP contribution < -0.4 is 0 Å². The Hall–Kier alpha value is -0.600. The summed E-state index contributed by atoms with van der Waals surface area (Å²) in [5.74, 6) is -0.324. The second-order valence-corrected chi connectivity index (χ2v) is 3.85. The topological polar surface area (TPSA) is 20.3 Å². The van der Waals surface area contributed by atoms with E-state index in [1.54, 1.807) is 7.05 Å². The number of rotatable bonds is 2. The van der Waals surface area contributed by atoms with Crippen molar-refractivity contribution in [3.63, 3.8) is 0 Å². The summed E-state index contributed by atoms with van der Waals surface area (Å²) in [6.07, 6.45) is 3.58. The number of nitrogens with zero attached hydrogens (tertiary/aromatic N) is 1. The van der Waals surface area contributed by atoms with Crippen LogP contribution in [0.3, 0.4) is 0 Å². The maximum absolute atomic E-state index is 14.0. The van der Waals surface area contributed by atoms with Crippen LogP contribution in [0, 0.1) is 0 Å². The maximum Gasteiger partial charge on any atom is 0.259 e. The Morgan fingerprint density at radius 3 is 2.38 bits per heavy atom. The molecule has 0 saturated heterocycles. The molecule has 76 valence electrons. The Morgan fingerprint density at radius 2 is 1.92 bits per heavy atom. The normalized spacial score (nSPS) is 21.2. The third kappa shape index (κ3) is 2.20. The third-order valence-corrected chi connectivity index (χ3v) is 2.85. The summed E-state index contributed by atoms with van der Waals surface area (Å²) >= 11 is 0. The van der Waals surface area contributed by atoms with E-state index >= 15 is 0 Å². The first kappa shape index (κ1) is 10.5. The molecule has 1 rings (SSSR count). The number of hydrogen-bond acceptors (Lipinski definition) is 1. The van der Waals surface area contributed by atoms with Crippen molar-refractivity contribution in [3.05, 3.63) is 0 Å². The molecule has 1 aliphatic rings. The van der Waals surface area contributed by atoms with Gasteiger partial charge in [0.2, 0.25) is 0 Å². The van der Waals surface area contributed by atoms with E-state index in [4.69, 9.17) is 0 Å². The van der Waals surface area contributed by atoms with Crippen LogP contribution in [0.1, 0.15) is 39.0 Å². The summed E-state index contributed by atoms with van der Waals surface area (Å²) in [4.78, 5) is 13.1. The smallest absolute Gasteiger partial charge is 0.259 e. The number of hydrogen-bond donors (Lipinski definition) is 0. The highest BCUT2D eigenvalue weighted by Gasteiger charge is 2.40. The van der Waals surface area contributed by atoms with Gasteiger partial charge in [-0.15, -0.1) is 0 Å². The number of halogens is 1. The van der Waals surface area contributed by atoms with E-state index in [1.165, 1.54) is 4.90 Å². The molecule has 0 heterocycles. The lowest BCUT2D eigenvalue weighted by molar-refractivity contribution is -0.144. The fraction of sp³-hybridized carbons (Fsp3) is 0.900. The first-order valence-corrected chi connectivity index (χ1v) is 5.04. The van der Waals surface area contributed by atoms with E-state index in [0.29, 0.717) is 19.4 Å². The van der Waals surface area contributed by atoms with Gasteiger partial charge in [-0.05, 0) is 32.6 Å². The molecular weight excluding hydrogens is 169 g/mol. The monoisotopic (exact) mass is 187 g/mol. The van der Waals surface area contributed by atoms with Gasteiger partial charge in [0.1, 0.15) is 0 Å². The van der Waals surface area contributed by atoms with Crippen LogP contribution in [-0.4, -0.2) is 30.1 Å². The molecule has 0 unspecified atom stereocenters. The highest BCUT2D eigenvalue weighted by Crippen LogP contribution is 2.33. The Kier molecular flexibility index (Phi) is 3.28. The minimum atomic E-state index is -1.55. The van der Waals surface area contributed by atoms with Crippen LogP contribution in [0.5, 0.6) is 0 Å². The molecule has 0 atom stereocenters. The lowest BCUT2D eigenvalue weighted by Crippen LogP contribution is -2.45. The first-order valence-electron chi connectivity index (χ1n) is 5.04. The average molecular weight is 187 g/mol. The third-order valence-electron chi connectivity index (χ3n) is 2.85.